The average molecular weight is 625 g/mol. The van der Waals surface area contributed by atoms with Crippen molar-refractivity contribution in [2.75, 3.05) is 0 Å². The molecule has 0 aromatic carbocycles. The Labute approximate surface area is 263 Å². The number of rotatable bonds is 14. The number of nitrogens with one attached hydrogen (secondary N) is 4. The highest BCUT2D eigenvalue weighted by Gasteiger charge is 2.41. The smallest absolute Gasteiger partial charge is 0.303 e. The van der Waals surface area contributed by atoms with Crippen LogP contribution in [0.2, 0.25) is 0 Å². The Balaban J connectivity index is 1.70. The maximum Gasteiger partial charge on any atom is 0.303 e. The maximum absolute atomic E-state index is 12.5. The van der Waals surface area contributed by atoms with E-state index in [9.17, 15) is 29.4 Å². The van der Waals surface area contributed by atoms with E-state index in [1.807, 2.05) is 34.6 Å². The summed E-state index contributed by atoms with van der Waals surface area (Å²) in [6.45, 7) is 13.5. The van der Waals surface area contributed by atoms with Crippen molar-refractivity contribution in [3.05, 3.63) is 68.8 Å². The van der Waals surface area contributed by atoms with Gasteiger partial charge in [-0.15, -0.1) is 0 Å². The molecule has 0 saturated carbocycles. The second-order valence-corrected chi connectivity index (χ2v) is 13.1. The van der Waals surface area contributed by atoms with Crippen molar-refractivity contribution < 1.29 is 29.4 Å². The van der Waals surface area contributed by atoms with Gasteiger partial charge in [-0.2, -0.15) is 12.6 Å². The van der Waals surface area contributed by atoms with E-state index in [4.69, 9.17) is 0 Å². The molecule has 2 amide bonds. The van der Waals surface area contributed by atoms with Gasteiger partial charge in [0.05, 0.1) is 6.04 Å². The van der Waals surface area contributed by atoms with Gasteiger partial charge in [-0.25, -0.2) is 0 Å². The number of hydrogen-bond donors (Lipinski definition) is 7. The molecule has 5 atom stereocenters. The molecule has 2 aromatic heterocycles. The maximum atomic E-state index is 12.5. The number of aromatic amines is 2. The number of amides is 2. The Bertz CT molecular complexity index is 1520. The molecule has 0 aliphatic carbocycles. The van der Waals surface area contributed by atoms with Crippen LogP contribution in [0.3, 0.4) is 0 Å². The highest BCUT2D eigenvalue weighted by atomic mass is 32.1. The summed E-state index contributed by atoms with van der Waals surface area (Å²) in [4.78, 5) is 55.2. The van der Waals surface area contributed by atoms with E-state index in [2.05, 4.69) is 39.8 Å². The fourth-order valence-electron chi connectivity index (χ4n) is 7.01. The summed E-state index contributed by atoms with van der Waals surface area (Å²) in [5.41, 5.74) is 8.85. The monoisotopic (exact) mass is 624 g/mol. The van der Waals surface area contributed by atoms with Crippen molar-refractivity contribution in [3.8, 4) is 0 Å². The standard InChI is InChI=1S/C33H44N4O6S/c1-7-20-15(2)25(36-33(20)43)12-23-16(3)21(8-10-29(38)39)26(34-23)14-27-22(9-11-30(40)41)17(4)24(35-27)13-28-31(19(6)44)18(5)32(42)37-28/h7,18-19,25,28,31,34-35,44H,1,8-14H2,2-6H3,(H,36,43)(H,37,42)(H,38,39)(H,40,41)/t18-,19-,25-,28?,31+/m1/s1. The Hall–Kier alpha value is -3.73. The quantitative estimate of drug-likeness (QED) is 0.158. The van der Waals surface area contributed by atoms with Crippen LogP contribution < -0.4 is 10.6 Å². The third-order valence-electron chi connectivity index (χ3n) is 9.55. The van der Waals surface area contributed by atoms with E-state index in [0.717, 1.165) is 50.6 Å². The number of carbonyl (C=O) groups excluding carboxylic acids is 2. The number of H-pyrrole nitrogens is 2. The van der Waals surface area contributed by atoms with Crippen LogP contribution in [0.4, 0.5) is 0 Å². The second kappa shape index (κ2) is 13.5. The van der Waals surface area contributed by atoms with Crippen LogP contribution in [-0.4, -0.2) is 61.3 Å². The fourth-order valence-corrected chi connectivity index (χ4v) is 7.48. The molecule has 0 radical (unpaired) electrons. The topological polar surface area (TPSA) is 164 Å². The summed E-state index contributed by atoms with van der Waals surface area (Å²) in [5.74, 6) is -2.03. The minimum absolute atomic E-state index is 0.0117. The Morgan fingerprint density at radius 2 is 1.43 bits per heavy atom. The van der Waals surface area contributed by atoms with E-state index in [1.165, 1.54) is 0 Å². The van der Waals surface area contributed by atoms with Gasteiger partial charge in [0.1, 0.15) is 0 Å². The molecule has 0 spiro atoms. The molecule has 1 unspecified atom stereocenters. The number of carbonyl (C=O) groups is 4. The van der Waals surface area contributed by atoms with Gasteiger partial charge < -0.3 is 30.8 Å². The summed E-state index contributed by atoms with van der Waals surface area (Å²) >= 11 is 4.67. The molecule has 4 rings (SSSR count). The van der Waals surface area contributed by atoms with Crippen LogP contribution in [0, 0.1) is 25.7 Å². The first-order chi connectivity index (χ1) is 20.7. The van der Waals surface area contributed by atoms with Gasteiger partial charge in [0, 0.05) is 83.6 Å². The third kappa shape index (κ3) is 6.82. The lowest BCUT2D eigenvalue weighted by Crippen LogP contribution is -2.34. The van der Waals surface area contributed by atoms with E-state index >= 15 is 0 Å². The summed E-state index contributed by atoms with van der Waals surface area (Å²) in [5, 5.41) is 25.1. The molecule has 2 aliphatic rings. The number of hydrogen-bond acceptors (Lipinski definition) is 5. The second-order valence-electron chi connectivity index (χ2n) is 12.3. The lowest BCUT2D eigenvalue weighted by atomic mass is 9.86. The van der Waals surface area contributed by atoms with Crippen LogP contribution in [0.5, 0.6) is 0 Å². The predicted octanol–water partition coefficient (Wildman–Crippen LogP) is 3.74. The molecule has 2 aliphatic heterocycles. The molecule has 0 bridgehead atoms. The fraction of sp³-hybridized carbons (Fsp3) is 0.515. The molecular formula is C33H44N4O6S. The van der Waals surface area contributed by atoms with Gasteiger partial charge >= 0.3 is 11.9 Å². The predicted molar refractivity (Wildman–Crippen MR) is 171 cm³/mol. The number of aromatic nitrogens is 2. The van der Waals surface area contributed by atoms with Gasteiger partial charge in [0.25, 0.3) is 5.91 Å². The minimum atomic E-state index is -0.892. The largest absolute Gasteiger partial charge is 0.481 e. The lowest BCUT2D eigenvalue weighted by Gasteiger charge is -2.24. The molecule has 11 heteroatoms. The number of carboxylic acids is 2. The van der Waals surface area contributed by atoms with E-state index in [0.29, 0.717) is 37.7 Å². The summed E-state index contributed by atoms with van der Waals surface area (Å²) in [6, 6.07) is -0.309. The molecule has 10 nitrogen and oxygen atoms in total. The van der Waals surface area contributed by atoms with E-state index in [1.54, 1.807) is 6.08 Å². The lowest BCUT2D eigenvalue weighted by molar-refractivity contribution is -0.138. The molecule has 2 aromatic rings. The average Bonchev–Trinajstić information content (AvgIpc) is 3.59. The van der Waals surface area contributed by atoms with Crippen molar-refractivity contribution in [2.45, 2.75) is 96.9 Å². The van der Waals surface area contributed by atoms with Crippen molar-refractivity contribution in [2.24, 2.45) is 11.8 Å². The van der Waals surface area contributed by atoms with Crippen LogP contribution >= 0.6 is 12.6 Å². The Kier molecular flexibility index (Phi) is 10.2. The highest BCUT2D eigenvalue weighted by Crippen LogP contribution is 2.34. The first-order valence-electron chi connectivity index (χ1n) is 15.2. The molecular weight excluding hydrogens is 580 g/mol. The number of thiol groups is 1. The zero-order chi connectivity index (χ0) is 32.5. The van der Waals surface area contributed by atoms with Gasteiger partial charge in [0.15, 0.2) is 0 Å². The normalized spacial score (nSPS) is 22.3. The first kappa shape index (κ1) is 33.2. The molecule has 1 fully saturated rings. The van der Waals surface area contributed by atoms with E-state index < -0.39 is 11.9 Å². The zero-order valence-corrected chi connectivity index (χ0v) is 27.0. The van der Waals surface area contributed by atoms with Crippen LogP contribution in [0.1, 0.15) is 78.6 Å². The SMILES string of the molecule is C=CC1=C(C)[C@@H](Cc2[nH]c(Cc3[nH]c(CC4NC(=O)[C@H](C)[C@H]4[C@@H](C)S)c(C)c3CCC(=O)O)c(CCC(=O)O)c2C)NC1=O. The summed E-state index contributed by atoms with van der Waals surface area (Å²) < 4.78 is 0. The summed E-state index contributed by atoms with van der Waals surface area (Å²) in [6.07, 6.45) is 3.69. The first-order valence-corrected chi connectivity index (χ1v) is 15.7. The van der Waals surface area contributed by atoms with Crippen LogP contribution in [-0.2, 0) is 51.3 Å². The van der Waals surface area contributed by atoms with Crippen molar-refractivity contribution >= 4 is 36.4 Å². The third-order valence-corrected chi connectivity index (χ3v) is 9.89. The minimum Gasteiger partial charge on any atom is -0.481 e. The van der Waals surface area contributed by atoms with Gasteiger partial charge in [0.2, 0.25) is 5.91 Å². The molecule has 1 saturated heterocycles. The Morgan fingerprint density at radius 1 is 0.909 bits per heavy atom. The zero-order valence-electron chi connectivity index (χ0n) is 26.1. The number of aliphatic carboxylic acids is 2. The van der Waals surface area contributed by atoms with Crippen molar-refractivity contribution in [3.63, 3.8) is 0 Å². The molecule has 4 heterocycles. The Morgan fingerprint density at radius 3 is 1.89 bits per heavy atom. The highest BCUT2D eigenvalue weighted by molar-refractivity contribution is 7.80. The van der Waals surface area contributed by atoms with Gasteiger partial charge in [-0.3, -0.25) is 19.2 Å². The van der Waals surface area contributed by atoms with Gasteiger partial charge in [-0.05, 0) is 61.4 Å². The molecule has 238 valence electrons. The van der Waals surface area contributed by atoms with Crippen molar-refractivity contribution in [1.29, 1.82) is 0 Å². The van der Waals surface area contributed by atoms with Gasteiger partial charge in [-0.1, -0.05) is 26.5 Å². The van der Waals surface area contributed by atoms with Crippen LogP contribution in [0.25, 0.3) is 0 Å². The molecule has 44 heavy (non-hydrogen) atoms. The van der Waals surface area contributed by atoms with E-state index in [-0.39, 0.29) is 53.8 Å². The number of carboxylic acid groups (broad SMARTS) is 2. The van der Waals surface area contributed by atoms with Crippen LogP contribution in [0.15, 0.2) is 23.8 Å². The summed E-state index contributed by atoms with van der Waals surface area (Å²) in [7, 11) is 0. The molecule has 6 N–H and O–H groups in total. The van der Waals surface area contributed by atoms with Crippen molar-refractivity contribution in [1.82, 2.24) is 20.6 Å².